The lowest BCUT2D eigenvalue weighted by Gasteiger charge is -2.34. The molecular formula is C17H23N5O2. The van der Waals surface area contributed by atoms with Gasteiger partial charge in [-0.05, 0) is 13.8 Å². The van der Waals surface area contributed by atoms with Gasteiger partial charge >= 0.3 is 0 Å². The molecule has 128 valence electrons. The van der Waals surface area contributed by atoms with E-state index in [0.29, 0.717) is 0 Å². The fraction of sp³-hybridized carbons (Fsp3) is 0.588. The molecule has 0 aliphatic carbocycles. The highest BCUT2D eigenvalue weighted by molar-refractivity contribution is 5.49. The summed E-state index contributed by atoms with van der Waals surface area (Å²) in [6, 6.07) is 0. The maximum Gasteiger partial charge on any atom is 0.138 e. The van der Waals surface area contributed by atoms with Gasteiger partial charge in [0.05, 0.1) is 24.6 Å². The third kappa shape index (κ3) is 2.89. The maximum atomic E-state index is 5.47. The van der Waals surface area contributed by atoms with Crippen LogP contribution in [0, 0.1) is 13.8 Å². The van der Waals surface area contributed by atoms with E-state index < -0.39 is 0 Å². The van der Waals surface area contributed by atoms with Gasteiger partial charge in [-0.3, -0.25) is 4.90 Å². The fourth-order valence-corrected chi connectivity index (χ4v) is 3.52. The summed E-state index contributed by atoms with van der Waals surface area (Å²) in [7, 11) is 0. The van der Waals surface area contributed by atoms with Gasteiger partial charge in [0.1, 0.15) is 17.9 Å². The fourth-order valence-electron chi connectivity index (χ4n) is 3.52. The van der Waals surface area contributed by atoms with Crippen molar-refractivity contribution in [2.75, 3.05) is 37.7 Å². The van der Waals surface area contributed by atoms with Gasteiger partial charge < -0.3 is 14.2 Å². The van der Waals surface area contributed by atoms with Gasteiger partial charge in [-0.15, -0.1) is 0 Å². The molecule has 0 atom stereocenters. The van der Waals surface area contributed by atoms with Crippen molar-refractivity contribution < 1.29 is 9.26 Å². The van der Waals surface area contributed by atoms with Crippen molar-refractivity contribution in [2.45, 2.75) is 33.4 Å². The predicted molar refractivity (Wildman–Crippen MR) is 88.9 cm³/mol. The number of morpholine rings is 1. The van der Waals surface area contributed by atoms with E-state index in [4.69, 9.17) is 9.26 Å². The van der Waals surface area contributed by atoms with Crippen LogP contribution in [0.5, 0.6) is 0 Å². The largest absolute Gasteiger partial charge is 0.378 e. The molecule has 2 aliphatic rings. The highest BCUT2D eigenvalue weighted by atomic mass is 16.5. The molecule has 4 heterocycles. The lowest BCUT2D eigenvalue weighted by atomic mass is 10.0. The number of anilines is 1. The quantitative estimate of drug-likeness (QED) is 0.845. The van der Waals surface area contributed by atoms with Gasteiger partial charge in [-0.2, -0.15) is 0 Å². The van der Waals surface area contributed by atoms with E-state index in [9.17, 15) is 0 Å². The molecule has 2 aromatic rings. The Labute approximate surface area is 141 Å². The smallest absolute Gasteiger partial charge is 0.138 e. The molecule has 0 aromatic carbocycles. The summed E-state index contributed by atoms with van der Waals surface area (Å²) in [6.07, 6.45) is 2.66. The minimum Gasteiger partial charge on any atom is -0.378 e. The minimum atomic E-state index is 0.765. The number of aryl methyl sites for hydroxylation is 2. The molecule has 0 spiro atoms. The average Bonchev–Trinajstić information content (AvgIpc) is 2.94. The van der Waals surface area contributed by atoms with Gasteiger partial charge in [-0.1, -0.05) is 5.16 Å². The minimum absolute atomic E-state index is 0.765. The summed E-state index contributed by atoms with van der Waals surface area (Å²) >= 11 is 0. The molecule has 1 fully saturated rings. The zero-order chi connectivity index (χ0) is 16.5. The van der Waals surface area contributed by atoms with Crippen LogP contribution in [0.25, 0.3) is 0 Å². The number of fused-ring (bicyclic) bond motifs is 1. The van der Waals surface area contributed by atoms with E-state index in [0.717, 1.165) is 69.6 Å². The second-order valence-corrected chi connectivity index (χ2v) is 6.49. The number of hydrogen-bond donors (Lipinski definition) is 0. The third-order valence-corrected chi connectivity index (χ3v) is 4.93. The third-order valence-electron chi connectivity index (χ3n) is 4.93. The number of rotatable bonds is 3. The molecule has 24 heavy (non-hydrogen) atoms. The summed E-state index contributed by atoms with van der Waals surface area (Å²) in [5, 5.41) is 4.07. The number of hydrogen-bond acceptors (Lipinski definition) is 7. The monoisotopic (exact) mass is 329 g/mol. The Morgan fingerprint density at radius 2 is 1.96 bits per heavy atom. The second kappa shape index (κ2) is 6.49. The van der Waals surface area contributed by atoms with E-state index in [-0.39, 0.29) is 0 Å². The second-order valence-electron chi connectivity index (χ2n) is 6.49. The van der Waals surface area contributed by atoms with Crippen LogP contribution in [-0.2, 0) is 24.2 Å². The summed E-state index contributed by atoms with van der Waals surface area (Å²) < 4.78 is 10.8. The van der Waals surface area contributed by atoms with Gasteiger partial charge in [0.15, 0.2) is 0 Å². The highest BCUT2D eigenvalue weighted by Crippen LogP contribution is 2.28. The van der Waals surface area contributed by atoms with Crippen molar-refractivity contribution >= 4 is 5.82 Å². The molecule has 7 nitrogen and oxygen atoms in total. The van der Waals surface area contributed by atoms with E-state index in [1.54, 1.807) is 6.33 Å². The SMILES string of the molecule is Cc1noc(C)c1CN1CCc2ncnc(N3CCOCC3)c2C1. The number of ether oxygens (including phenoxy) is 1. The summed E-state index contributed by atoms with van der Waals surface area (Å²) in [5.41, 5.74) is 4.62. The Kier molecular flexibility index (Phi) is 4.20. The van der Waals surface area contributed by atoms with Crippen molar-refractivity contribution in [3.05, 3.63) is 34.6 Å². The molecule has 0 amide bonds. The summed E-state index contributed by atoms with van der Waals surface area (Å²) in [4.78, 5) is 13.9. The van der Waals surface area contributed by atoms with Crippen LogP contribution >= 0.6 is 0 Å². The first kappa shape index (κ1) is 15.5. The summed E-state index contributed by atoms with van der Waals surface area (Å²) in [6.45, 7) is 10.0. The Bertz CT molecular complexity index is 704. The topological polar surface area (TPSA) is 67.5 Å². The van der Waals surface area contributed by atoms with Gasteiger partial charge in [0.2, 0.25) is 0 Å². The van der Waals surface area contributed by atoms with Crippen LogP contribution in [0.4, 0.5) is 5.82 Å². The molecule has 0 unspecified atom stereocenters. The highest BCUT2D eigenvalue weighted by Gasteiger charge is 2.25. The van der Waals surface area contributed by atoms with Gasteiger partial charge in [0.25, 0.3) is 0 Å². The number of nitrogens with zero attached hydrogens (tertiary/aromatic N) is 5. The van der Waals surface area contributed by atoms with Crippen LogP contribution in [0.3, 0.4) is 0 Å². The molecule has 2 aliphatic heterocycles. The maximum absolute atomic E-state index is 5.47. The first-order chi connectivity index (χ1) is 11.7. The Morgan fingerprint density at radius 3 is 2.71 bits per heavy atom. The molecular weight excluding hydrogens is 306 g/mol. The van der Waals surface area contributed by atoms with E-state index >= 15 is 0 Å². The standard InChI is InChI=1S/C17H23N5O2/c1-12-14(13(2)24-20-12)9-21-4-3-16-15(10-21)17(19-11-18-16)22-5-7-23-8-6-22/h11H,3-10H2,1-2H3. The molecule has 1 saturated heterocycles. The Morgan fingerprint density at radius 1 is 1.12 bits per heavy atom. The zero-order valence-electron chi connectivity index (χ0n) is 14.3. The van der Waals surface area contributed by atoms with Gasteiger partial charge in [-0.25, -0.2) is 9.97 Å². The molecule has 0 bridgehead atoms. The van der Waals surface area contributed by atoms with Crippen LogP contribution in [0.15, 0.2) is 10.9 Å². The zero-order valence-corrected chi connectivity index (χ0v) is 14.3. The molecule has 4 rings (SSSR count). The summed E-state index contributed by atoms with van der Waals surface area (Å²) in [5.74, 6) is 1.99. The molecule has 0 N–H and O–H groups in total. The normalized spacial score (nSPS) is 18.7. The predicted octanol–water partition coefficient (Wildman–Crippen LogP) is 1.48. The molecule has 7 heteroatoms. The lowest BCUT2D eigenvalue weighted by molar-refractivity contribution is 0.122. The lowest BCUT2D eigenvalue weighted by Crippen LogP contribution is -2.39. The van der Waals surface area contributed by atoms with E-state index in [1.807, 2.05) is 13.8 Å². The molecule has 0 saturated carbocycles. The van der Waals surface area contributed by atoms with Crippen LogP contribution in [0.1, 0.15) is 28.3 Å². The van der Waals surface area contributed by atoms with E-state index in [2.05, 4.69) is 24.9 Å². The van der Waals surface area contributed by atoms with Crippen LogP contribution < -0.4 is 4.90 Å². The van der Waals surface area contributed by atoms with Crippen LogP contribution in [-0.4, -0.2) is 52.9 Å². The first-order valence-corrected chi connectivity index (χ1v) is 8.52. The van der Waals surface area contributed by atoms with Crippen LogP contribution in [0.2, 0.25) is 0 Å². The molecule has 2 aromatic heterocycles. The Balaban J connectivity index is 1.57. The first-order valence-electron chi connectivity index (χ1n) is 8.52. The van der Waals surface area contributed by atoms with Gasteiger partial charge in [0, 0.05) is 50.3 Å². The van der Waals surface area contributed by atoms with Crippen molar-refractivity contribution in [1.29, 1.82) is 0 Å². The van der Waals surface area contributed by atoms with E-state index in [1.165, 1.54) is 16.8 Å². The van der Waals surface area contributed by atoms with Crippen molar-refractivity contribution in [2.24, 2.45) is 0 Å². The van der Waals surface area contributed by atoms with Crippen molar-refractivity contribution in [1.82, 2.24) is 20.0 Å². The number of aromatic nitrogens is 3. The van der Waals surface area contributed by atoms with Crippen molar-refractivity contribution in [3.8, 4) is 0 Å². The molecule has 0 radical (unpaired) electrons. The van der Waals surface area contributed by atoms with Crippen molar-refractivity contribution in [3.63, 3.8) is 0 Å². The Hall–Kier alpha value is -1.99. The average molecular weight is 329 g/mol.